The molecule has 0 aromatic heterocycles. The zero-order valence-corrected chi connectivity index (χ0v) is 16.2. The number of benzene rings is 3. The minimum absolute atomic E-state index is 0.879. The van der Waals surface area contributed by atoms with Gasteiger partial charge < -0.3 is 9.47 Å². The molecule has 0 N–H and O–H groups in total. The van der Waals surface area contributed by atoms with Crippen LogP contribution in [0.1, 0.15) is 23.6 Å². The molecule has 0 fully saturated rings. The minimum Gasteiger partial charge on any atom is -0.497 e. The molecule has 3 aromatic carbocycles. The molecule has 0 amide bonds. The summed E-state index contributed by atoms with van der Waals surface area (Å²) in [5.74, 6) is 1.76. The second kappa shape index (κ2) is 7.65. The van der Waals surface area contributed by atoms with Gasteiger partial charge in [0.2, 0.25) is 0 Å². The highest BCUT2D eigenvalue weighted by Crippen LogP contribution is 2.37. The molecule has 0 unspecified atom stereocenters. The predicted octanol–water partition coefficient (Wildman–Crippen LogP) is 6.22. The molecule has 3 rings (SSSR count). The van der Waals surface area contributed by atoms with E-state index < -0.39 is 0 Å². The predicted molar refractivity (Wildman–Crippen MR) is 109 cm³/mol. The zero-order valence-electron chi connectivity index (χ0n) is 16.2. The van der Waals surface area contributed by atoms with Crippen LogP contribution in [-0.4, -0.2) is 14.2 Å². The smallest absolute Gasteiger partial charge is 0.118 e. The average molecular weight is 346 g/mol. The molecule has 0 spiro atoms. The maximum Gasteiger partial charge on any atom is 0.118 e. The van der Waals surface area contributed by atoms with Gasteiger partial charge in [-0.15, -0.1) is 0 Å². The van der Waals surface area contributed by atoms with Gasteiger partial charge in [0.05, 0.1) is 14.2 Å². The topological polar surface area (TPSA) is 18.5 Å². The lowest BCUT2D eigenvalue weighted by Gasteiger charge is -2.19. The zero-order chi connectivity index (χ0) is 18.7. The van der Waals surface area contributed by atoms with Gasteiger partial charge in [0.15, 0.2) is 0 Å². The van der Waals surface area contributed by atoms with E-state index in [1.807, 2.05) is 24.3 Å². The van der Waals surface area contributed by atoms with Crippen molar-refractivity contribution in [2.75, 3.05) is 14.2 Å². The SMILES string of the molecule is CCc1cc(-c2ccc(OC)cc2)c(C)c(-c2ccc(OC)cc2)c1C. The molecule has 2 nitrogen and oxygen atoms in total. The van der Waals surface area contributed by atoms with Gasteiger partial charge in [-0.25, -0.2) is 0 Å². The lowest BCUT2D eigenvalue weighted by atomic mass is 9.86. The summed E-state index contributed by atoms with van der Waals surface area (Å²) in [5, 5.41) is 0. The summed E-state index contributed by atoms with van der Waals surface area (Å²) in [6.45, 7) is 6.65. The summed E-state index contributed by atoms with van der Waals surface area (Å²) < 4.78 is 10.6. The molecule has 0 radical (unpaired) electrons. The molecule has 134 valence electrons. The Kier molecular flexibility index (Phi) is 5.32. The van der Waals surface area contributed by atoms with Crippen molar-refractivity contribution in [2.24, 2.45) is 0 Å². The van der Waals surface area contributed by atoms with E-state index in [4.69, 9.17) is 9.47 Å². The lowest BCUT2D eigenvalue weighted by molar-refractivity contribution is 0.415. The molecule has 0 saturated carbocycles. The van der Waals surface area contributed by atoms with Gasteiger partial charge in [0, 0.05) is 0 Å². The second-order valence-corrected chi connectivity index (χ2v) is 6.52. The van der Waals surface area contributed by atoms with E-state index in [1.54, 1.807) is 14.2 Å². The highest BCUT2D eigenvalue weighted by Gasteiger charge is 2.15. The molecule has 3 aromatic rings. The first-order chi connectivity index (χ1) is 12.6. The third kappa shape index (κ3) is 3.32. The number of aryl methyl sites for hydroxylation is 1. The van der Waals surface area contributed by atoms with E-state index in [1.165, 1.54) is 38.9 Å². The Balaban J connectivity index is 2.19. The van der Waals surface area contributed by atoms with Crippen molar-refractivity contribution in [1.29, 1.82) is 0 Å². The summed E-state index contributed by atoms with van der Waals surface area (Å²) in [6.07, 6.45) is 1.01. The third-order valence-corrected chi connectivity index (χ3v) is 5.11. The van der Waals surface area contributed by atoms with Crippen molar-refractivity contribution in [2.45, 2.75) is 27.2 Å². The van der Waals surface area contributed by atoms with Crippen LogP contribution in [0.3, 0.4) is 0 Å². The highest BCUT2D eigenvalue weighted by molar-refractivity contribution is 5.82. The normalized spacial score (nSPS) is 10.7. The van der Waals surface area contributed by atoms with Crippen LogP contribution in [0.5, 0.6) is 11.5 Å². The summed E-state index contributed by atoms with van der Waals surface area (Å²) >= 11 is 0. The molecular formula is C24H26O2. The largest absolute Gasteiger partial charge is 0.497 e. The van der Waals surface area contributed by atoms with E-state index in [-0.39, 0.29) is 0 Å². The Morgan fingerprint density at radius 3 is 1.65 bits per heavy atom. The van der Waals surface area contributed by atoms with Crippen molar-refractivity contribution >= 4 is 0 Å². The van der Waals surface area contributed by atoms with E-state index in [2.05, 4.69) is 51.1 Å². The number of hydrogen-bond acceptors (Lipinski definition) is 2. The van der Waals surface area contributed by atoms with Crippen molar-refractivity contribution in [3.63, 3.8) is 0 Å². The number of methoxy groups -OCH3 is 2. The van der Waals surface area contributed by atoms with Gasteiger partial charge in [0.1, 0.15) is 11.5 Å². The first-order valence-corrected chi connectivity index (χ1v) is 9.01. The molecule has 0 aliphatic heterocycles. The summed E-state index contributed by atoms with van der Waals surface area (Å²) in [6, 6.07) is 19.0. The Labute approximate surface area is 156 Å². The Morgan fingerprint density at radius 2 is 1.19 bits per heavy atom. The molecule has 0 aliphatic rings. The van der Waals surface area contributed by atoms with Crippen molar-refractivity contribution in [3.8, 4) is 33.8 Å². The number of ether oxygens (including phenoxy) is 2. The van der Waals surface area contributed by atoms with Crippen LogP contribution in [0.2, 0.25) is 0 Å². The minimum atomic E-state index is 0.879. The van der Waals surface area contributed by atoms with Crippen LogP contribution in [0.15, 0.2) is 54.6 Å². The van der Waals surface area contributed by atoms with Gasteiger partial charge in [-0.05, 0) is 83.5 Å². The molecule has 0 aliphatic carbocycles. The lowest BCUT2D eigenvalue weighted by Crippen LogP contribution is -1.98. The van der Waals surface area contributed by atoms with Crippen LogP contribution in [-0.2, 0) is 6.42 Å². The maximum atomic E-state index is 5.31. The van der Waals surface area contributed by atoms with Gasteiger partial charge in [-0.1, -0.05) is 37.3 Å². The first kappa shape index (κ1) is 18.1. The fourth-order valence-electron chi connectivity index (χ4n) is 3.60. The van der Waals surface area contributed by atoms with Crippen molar-refractivity contribution in [3.05, 3.63) is 71.3 Å². The second-order valence-electron chi connectivity index (χ2n) is 6.52. The summed E-state index contributed by atoms with van der Waals surface area (Å²) in [4.78, 5) is 0. The summed E-state index contributed by atoms with van der Waals surface area (Å²) in [7, 11) is 3.40. The number of rotatable bonds is 5. The standard InChI is InChI=1S/C24H26O2/c1-6-18-15-23(19-7-11-21(25-4)12-8-19)17(3)24(16(18)2)20-9-13-22(26-5)14-10-20/h7-15H,6H2,1-5H3. The van der Waals surface area contributed by atoms with Crippen molar-refractivity contribution in [1.82, 2.24) is 0 Å². The Hall–Kier alpha value is -2.74. The molecule has 0 atom stereocenters. The highest BCUT2D eigenvalue weighted by atomic mass is 16.5. The average Bonchev–Trinajstić information content (AvgIpc) is 2.69. The molecule has 2 heteroatoms. The van der Waals surface area contributed by atoms with Gasteiger partial charge in [0.25, 0.3) is 0 Å². The fraction of sp³-hybridized carbons (Fsp3) is 0.250. The Morgan fingerprint density at radius 1 is 0.692 bits per heavy atom. The molecular weight excluding hydrogens is 320 g/mol. The Bertz CT molecular complexity index is 891. The molecule has 26 heavy (non-hydrogen) atoms. The monoisotopic (exact) mass is 346 g/mol. The maximum absolute atomic E-state index is 5.31. The van der Waals surface area contributed by atoms with E-state index >= 15 is 0 Å². The fourth-order valence-corrected chi connectivity index (χ4v) is 3.60. The van der Waals surface area contributed by atoms with Crippen LogP contribution in [0, 0.1) is 13.8 Å². The van der Waals surface area contributed by atoms with Gasteiger partial charge >= 0.3 is 0 Å². The molecule has 0 bridgehead atoms. The third-order valence-electron chi connectivity index (χ3n) is 5.11. The first-order valence-electron chi connectivity index (χ1n) is 9.01. The van der Waals surface area contributed by atoms with E-state index in [0.29, 0.717) is 0 Å². The van der Waals surface area contributed by atoms with Gasteiger partial charge in [-0.3, -0.25) is 0 Å². The van der Waals surface area contributed by atoms with Gasteiger partial charge in [-0.2, -0.15) is 0 Å². The van der Waals surface area contributed by atoms with Crippen LogP contribution < -0.4 is 9.47 Å². The molecule has 0 saturated heterocycles. The van der Waals surface area contributed by atoms with E-state index in [0.717, 1.165) is 17.9 Å². The van der Waals surface area contributed by atoms with Crippen LogP contribution in [0.4, 0.5) is 0 Å². The quantitative estimate of drug-likeness (QED) is 0.546. The summed E-state index contributed by atoms with van der Waals surface area (Å²) in [5.41, 5.74) is 9.08. The van der Waals surface area contributed by atoms with E-state index in [9.17, 15) is 0 Å². The van der Waals surface area contributed by atoms with Crippen molar-refractivity contribution < 1.29 is 9.47 Å². The number of hydrogen-bond donors (Lipinski definition) is 0. The van der Waals surface area contributed by atoms with Crippen LogP contribution in [0.25, 0.3) is 22.3 Å². The van der Waals surface area contributed by atoms with Crippen LogP contribution >= 0.6 is 0 Å². The molecule has 0 heterocycles.